The van der Waals surface area contributed by atoms with Crippen LogP contribution in [0.15, 0.2) is 41.4 Å². The zero-order valence-corrected chi connectivity index (χ0v) is 15.5. The minimum absolute atomic E-state index is 0.487. The first-order valence-corrected chi connectivity index (χ1v) is 9.84. The Morgan fingerprint density at radius 2 is 1.80 bits per heavy atom. The Kier molecular flexibility index (Phi) is 6.92. The summed E-state index contributed by atoms with van der Waals surface area (Å²) in [5.41, 5.74) is 2.77. The van der Waals surface area contributed by atoms with Gasteiger partial charge in [-0.15, -0.1) is 0 Å². The third-order valence-corrected chi connectivity index (χ3v) is 5.06. The average Bonchev–Trinajstić information content (AvgIpc) is 3.15. The standard InChI is InChI=1S/C21H32N4/c1-2-22-21(24-20-12-6-7-13-20)23-16-18-10-4-5-11-19(18)17-25-14-8-3-9-15-25/h4-7,10-11,20H,2-3,8-9,12-17H2,1H3,(H2,22,23,24). The number of nitrogens with zero attached hydrogens (tertiary/aromatic N) is 2. The fourth-order valence-electron chi connectivity index (χ4n) is 3.64. The maximum Gasteiger partial charge on any atom is 0.191 e. The first-order chi connectivity index (χ1) is 12.3. The van der Waals surface area contributed by atoms with E-state index in [1.807, 2.05) is 0 Å². The lowest BCUT2D eigenvalue weighted by Gasteiger charge is -2.27. The Morgan fingerprint density at radius 1 is 1.08 bits per heavy atom. The molecule has 1 aliphatic carbocycles. The zero-order valence-electron chi connectivity index (χ0n) is 15.5. The quantitative estimate of drug-likeness (QED) is 0.473. The van der Waals surface area contributed by atoms with Crippen molar-refractivity contribution in [3.63, 3.8) is 0 Å². The average molecular weight is 341 g/mol. The summed E-state index contributed by atoms with van der Waals surface area (Å²) >= 11 is 0. The van der Waals surface area contributed by atoms with Crippen molar-refractivity contribution in [1.29, 1.82) is 0 Å². The van der Waals surface area contributed by atoms with Crippen LogP contribution in [0.1, 0.15) is 50.2 Å². The van der Waals surface area contributed by atoms with Gasteiger partial charge in [0.15, 0.2) is 5.96 Å². The molecule has 1 heterocycles. The van der Waals surface area contributed by atoms with Crippen LogP contribution >= 0.6 is 0 Å². The number of likely N-dealkylation sites (tertiary alicyclic amines) is 1. The van der Waals surface area contributed by atoms with Gasteiger partial charge >= 0.3 is 0 Å². The van der Waals surface area contributed by atoms with E-state index < -0.39 is 0 Å². The van der Waals surface area contributed by atoms with Gasteiger partial charge in [-0.25, -0.2) is 4.99 Å². The van der Waals surface area contributed by atoms with E-state index in [-0.39, 0.29) is 0 Å². The van der Waals surface area contributed by atoms with E-state index in [1.165, 1.54) is 43.5 Å². The summed E-state index contributed by atoms with van der Waals surface area (Å²) in [6, 6.07) is 9.26. The van der Waals surface area contributed by atoms with Crippen LogP contribution in [0.3, 0.4) is 0 Å². The first-order valence-electron chi connectivity index (χ1n) is 9.84. The normalized spacial score (nSPS) is 19.3. The van der Waals surface area contributed by atoms with Gasteiger partial charge < -0.3 is 10.6 Å². The summed E-state index contributed by atoms with van der Waals surface area (Å²) in [6.07, 6.45) is 10.7. The molecule has 0 atom stereocenters. The number of hydrogen-bond acceptors (Lipinski definition) is 2. The molecule has 1 aromatic rings. The van der Waals surface area contributed by atoms with Gasteiger partial charge in [0.05, 0.1) is 6.54 Å². The summed E-state index contributed by atoms with van der Waals surface area (Å²) in [6.45, 7) is 7.27. The lowest BCUT2D eigenvalue weighted by Crippen LogP contribution is -2.42. The summed E-state index contributed by atoms with van der Waals surface area (Å²) in [5, 5.41) is 6.94. The van der Waals surface area contributed by atoms with Gasteiger partial charge in [-0.05, 0) is 56.8 Å². The number of hydrogen-bond donors (Lipinski definition) is 2. The van der Waals surface area contributed by atoms with Gasteiger partial charge in [0.1, 0.15) is 0 Å². The number of aliphatic imine (C=N–C) groups is 1. The van der Waals surface area contributed by atoms with E-state index in [4.69, 9.17) is 4.99 Å². The van der Waals surface area contributed by atoms with Crippen LogP contribution in [0.2, 0.25) is 0 Å². The SMILES string of the molecule is CCNC(=NCc1ccccc1CN1CCCCC1)NC1CC=CC1. The highest BCUT2D eigenvalue weighted by Crippen LogP contribution is 2.17. The number of piperidine rings is 1. The Morgan fingerprint density at radius 3 is 2.52 bits per heavy atom. The first kappa shape index (κ1) is 18.0. The molecule has 4 nitrogen and oxygen atoms in total. The highest BCUT2D eigenvalue weighted by atomic mass is 15.2. The highest BCUT2D eigenvalue weighted by Gasteiger charge is 2.13. The second-order valence-corrected chi connectivity index (χ2v) is 7.08. The van der Waals surface area contributed by atoms with E-state index in [2.05, 4.69) is 58.9 Å². The third-order valence-electron chi connectivity index (χ3n) is 5.06. The predicted octanol–water partition coefficient (Wildman–Crippen LogP) is 3.45. The van der Waals surface area contributed by atoms with Crippen molar-refractivity contribution >= 4 is 5.96 Å². The van der Waals surface area contributed by atoms with Crippen LogP contribution in [0.5, 0.6) is 0 Å². The monoisotopic (exact) mass is 340 g/mol. The number of guanidine groups is 1. The maximum atomic E-state index is 4.85. The summed E-state index contributed by atoms with van der Waals surface area (Å²) in [7, 11) is 0. The van der Waals surface area contributed by atoms with E-state index in [1.54, 1.807) is 0 Å². The van der Waals surface area contributed by atoms with Crippen molar-refractivity contribution in [2.24, 2.45) is 4.99 Å². The largest absolute Gasteiger partial charge is 0.357 e. The molecular weight excluding hydrogens is 308 g/mol. The van der Waals surface area contributed by atoms with E-state index in [0.29, 0.717) is 6.04 Å². The smallest absolute Gasteiger partial charge is 0.191 e. The summed E-state index contributed by atoms with van der Waals surface area (Å²) in [5.74, 6) is 0.934. The molecule has 2 aliphatic rings. The minimum atomic E-state index is 0.487. The molecule has 25 heavy (non-hydrogen) atoms. The van der Waals surface area contributed by atoms with E-state index in [0.717, 1.165) is 38.4 Å². The van der Waals surface area contributed by atoms with Crippen LogP contribution in [-0.2, 0) is 13.1 Å². The lowest BCUT2D eigenvalue weighted by atomic mass is 10.1. The summed E-state index contributed by atoms with van der Waals surface area (Å²) in [4.78, 5) is 7.43. The molecule has 0 spiro atoms. The molecule has 1 fully saturated rings. The maximum absolute atomic E-state index is 4.85. The van der Waals surface area contributed by atoms with E-state index >= 15 is 0 Å². The van der Waals surface area contributed by atoms with E-state index in [9.17, 15) is 0 Å². The summed E-state index contributed by atoms with van der Waals surface area (Å²) < 4.78 is 0. The number of nitrogens with one attached hydrogen (secondary N) is 2. The Hall–Kier alpha value is -1.81. The molecule has 0 amide bonds. The number of benzene rings is 1. The van der Waals surface area contributed by atoms with Crippen LogP contribution in [0, 0.1) is 0 Å². The van der Waals surface area contributed by atoms with Gasteiger partial charge in [0, 0.05) is 19.1 Å². The molecule has 1 saturated heterocycles. The van der Waals surface area contributed by atoms with Crippen molar-refractivity contribution in [3.8, 4) is 0 Å². The molecule has 0 bridgehead atoms. The second-order valence-electron chi connectivity index (χ2n) is 7.08. The molecule has 4 heteroatoms. The van der Waals surface area contributed by atoms with Crippen molar-refractivity contribution in [2.45, 2.75) is 58.2 Å². The lowest BCUT2D eigenvalue weighted by molar-refractivity contribution is 0.220. The fraction of sp³-hybridized carbons (Fsp3) is 0.571. The van der Waals surface area contributed by atoms with Crippen LogP contribution in [-0.4, -0.2) is 36.5 Å². The molecule has 136 valence electrons. The minimum Gasteiger partial charge on any atom is -0.357 e. The predicted molar refractivity (Wildman–Crippen MR) is 106 cm³/mol. The van der Waals surface area contributed by atoms with Gasteiger partial charge in [-0.1, -0.05) is 42.8 Å². The number of rotatable bonds is 6. The molecule has 1 aliphatic heterocycles. The molecule has 0 unspecified atom stereocenters. The molecule has 0 saturated carbocycles. The Labute approximate surface area is 152 Å². The van der Waals surface area contributed by atoms with Gasteiger partial charge in [0.2, 0.25) is 0 Å². The van der Waals surface area contributed by atoms with Gasteiger partial charge in [-0.2, -0.15) is 0 Å². The third kappa shape index (κ3) is 5.60. The van der Waals surface area contributed by atoms with Gasteiger partial charge in [-0.3, -0.25) is 4.90 Å². The van der Waals surface area contributed by atoms with Crippen molar-refractivity contribution < 1.29 is 0 Å². The van der Waals surface area contributed by atoms with Crippen LogP contribution in [0.25, 0.3) is 0 Å². The van der Waals surface area contributed by atoms with Crippen LogP contribution < -0.4 is 10.6 Å². The van der Waals surface area contributed by atoms with Crippen molar-refractivity contribution in [1.82, 2.24) is 15.5 Å². The Bertz CT molecular complexity index is 579. The second kappa shape index (κ2) is 9.62. The molecule has 0 radical (unpaired) electrons. The zero-order chi connectivity index (χ0) is 17.3. The van der Waals surface area contributed by atoms with Crippen LogP contribution in [0.4, 0.5) is 0 Å². The van der Waals surface area contributed by atoms with Gasteiger partial charge in [0.25, 0.3) is 0 Å². The highest BCUT2D eigenvalue weighted by molar-refractivity contribution is 5.80. The molecule has 0 aromatic heterocycles. The Balaban J connectivity index is 1.63. The van der Waals surface area contributed by atoms with Crippen molar-refractivity contribution in [3.05, 3.63) is 47.5 Å². The van der Waals surface area contributed by atoms with Crippen molar-refractivity contribution in [2.75, 3.05) is 19.6 Å². The topological polar surface area (TPSA) is 39.7 Å². The molecule has 2 N–H and O–H groups in total. The molecular formula is C21H32N4. The molecule has 3 rings (SSSR count). The molecule has 1 aromatic carbocycles. The fourth-order valence-corrected chi connectivity index (χ4v) is 3.64.